The van der Waals surface area contributed by atoms with Gasteiger partial charge in [-0.05, 0) is 17.5 Å². The van der Waals surface area contributed by atoms with Crippen molar-refractivity contribution in [2.75, 3.05) is 5.32 Å². The summed E-state index contributed by atoms with van der Waals surface area (Å²) < 4.78 is 0.689. The first kappa shape index (κ1) is 20.0. The van der Waals surface area contributed by atoms with Gasteiger partial charge < -0.3 is 0 Å². The summed E-state index contributed by atoms with van der Waals surface area (Å²) in [5.74, 6) is 0.178. The molecule has 3 aromatic rings. The molecular weight excluding hydrogens is 396 g/mol. The number of carbonyl (C=O) groups excluding carboxylic acids is 1. The topological polar surface area (TPSA) is 98.0 Å². The number of hydrogen-bond acceptors (Lipinski definition) is 7. The maximum Gasteiger partial charge on any atom is 0.269 e. The molecule has 144 valence electrons. The van der Waals surface area contributed by atoms with Crippen LogP contribution < -0.4 is 5.32 Å². The Morgan fingerprint density at radius 3 is 2.71 bits per heavy atom. The van der Waals surface area contributed by atoms with Gasteiger partial charge in [-0.1, -0.05) is 72.5 Å². The number of carbonyl (C=O) groups is 1. The van der Waals surface area contributed by atoms with E-state index in [2.05, 4.69) is 15.5 Å². The highest BCUT2D eigenvalue weighted by Crippen LogP contribution is 2.30. The Hall–Kier alpha value is -2.78. The Labute approximate surface area is 170 Å². The number of non-ortho nitro benzene ring substituents is 1. The highest BCUT2D eigenvalue weighted by atomic mass is 32.2. The molecule has 0 aliphatic carbocycles. The van der Waals surface area contributed by atoms with E-state index in [-0.39, 0.29) is 17.5 Å². The first-order chi connectivity index (χ1) is 13.6. The van der Waals surface area contributed by atoms with Crippen molar-refractivity contribution in [1.82, 2.24) is 10.2 Å². The molecule has 0 saturated heterocycles. The molecule has 7 nitrogen and oxygen atoms in total. The minimum atomic E-state index is -0.413. The van der Waals surface area contributed by atoms with Gasteiger partial charge in [0.1, 0.15) is 0 Å². The minimum absolute atomic E-state index is 0.0647. The average Bonchev–Trinajstić information content (AvgIpc) is 3.15. The van der Waals surface area contributed by atoms with Gasteiger partial charge in [0.2, 0.25) is 11.0 Å². The molecule has 0 bridgehead atoms. The van der Waals surface area contributed by atoms with Gasteiger partial charge >= 0.3 is 0 Å². The number of hydrogen-bond donors (Lipinski definition) is 1. The molecule has 9 heteroatoms. The number of thioether (sulfide) groups is 1. The van der Waals surface area contributed by atoms with Crippen LogP contribution in [0.3, 0.4) is 0 Å². The van der Waals surface area contributed by atoms with E-state index < -0.39 is 4.92 Å². The fourth-order valence-corrected chi connectivity index (χ4v) is 4.37. The molecule has 28 heavy (non-hydrogen) atoms. The molecule has 2 aromatic carbocycles. The SMILES string of the molecule is CCC(C(=O)Nc1nnc(SCc2cccc([N+](=O)[O-])c2)s1)c1ccccc1. The summed E-state index contributed by atoms with van der Waals surface area (Å²) in [6.45, 7) is 1.97. The summed E-state index contributed by atoms with van der Waals surface area (Å²) in [6, 6.07) is 16.1. The smallest absolute Gasteiger partial charge is 0.269 e. The molecule has 0 radical (unpaired) electrons. The van der Waals surface area contributed by atoms with Gasteiger partial charge in [0.15, 0.2) is 4.34 Å². The third kappa shape index (κ3) is 5.14. The predicted molar refractivity (Wildman–Crippen MR) is 111 cm³/mol. The molecule has 3 rings (SSSR count). The lowest BCUT2D eigenvalue weighted by atomic mass is 9.96. The van der Waals surface area contributed by atoms with Crippen LogP contribution in [0.15, 0.2) is 58.9 Å². The first-order valence-electron chi connectivity index (χ1n) is 8.62. The van der Waals surface area contributed by atoms with Crippen molar-refractivity contribution in [3.8, 4) is 0 Å². The van der Waals surface area contributed by atoms with Crippen LogP contribution in [0.25, 0.3) is 0 Å². The standard InChI is InChI=1S/C19H18N4O3S2/c1-2-16(14-8-4-3-5-9-14)17(24)20-18-21-22-19(28-18)27-12-13-7-6-10-15(11-13)23(25)26/h3-11,16H,2,12H2,1H3,(H,20,21,24). The van der Waals surface area contributed by atoms with Gasteiger partial charge in [-0.15, -0.1) is 10.2 Å². The Bertz CT molecular complexity index is 963. The highest BCUT2D eigenvalue weighted by Gasteiger charge is 2.20. The zero-order valence-corrected chi connectivity index (χ0v) is 16.7. The number of amides is 1. The molecule has 0 aliphatic heterocycles. The van der Waals surface area contributed by atoms with Gasteiger partial charge in [-0.2, -0.15) is 0 Å². The van der Waals surface area contributed by atoms with Crippen molar-refractivity contribution in [3.63, 3.8) is 0 Å². The molecule has 0 fully saturated rings. The second kappa shape index (κ2) is 9.43. The Morgan fingerprint density at radius 1 is 1.21 bits per heavy atom. The van der Waals surface area contributed by atoms with Crippen molar-refractivity contribution in [3.05, 3.63) is 75.8 Å². The quantitative estimate of drug-likeness (QED) is 0.244. The lowest BCUT2D eigenvalue weighted by molar-refractivity contribution is -0.384. The molecule has 0 spiro atoms. The third-order valence-electron chi connectivity index (χ3n) is 4.05. The van der Waals surface area contributed by atoms with Crippen molar-refractivity contribution in [2.24, 2.45) is 0 Å². The van der Waals surface area contributed by atoms with Crippen LogP contribution >= 0.6 is 23.1 Å². The number of nitro benzene ring substituents is 1. The normalized spacial score (nSPS) is 11.8. The van der Waals surface area contributed by atoms with E-state index in [4.69, 9.17) is 0 Å². The fraction of sp³-hybridized carbons (Fsp3) is 0.211. The maximum absolute atomic E-state index is 12.6. The van der Waals surface area contributed by atoms with Crippen LogP contribution in [0.4, 0.5) is 10.8 Å². The zero-order valence-electron chi connectivity index (χ0n) is 15.1. The Balaban J connectivity index is 1.60. The van der Waals surface area contributed by atoms with E-state index >= 15 is 0 Å². The maximum atomic E-state index is 12.6. The number of aromatic nitrogens is 2. The molecule has 1 aromatic heterocycles. The van der Waals surface area contributed by atoms with Gasteiger partial charge in [-0.3, -0.25) is 20.2 Å². The molecule has 1 N–H and O–H groups in total. The molecular formula is C19H18N4O3S2. The Morgan fingerprint density at radius 2 is 2.00 bits per heavy atom. The van der Waals surface area contributed by atoms with E-state index in [1.54, 1.807) is 12.1 Å². The van der Waals surface area contributed by atoms with Gasteiger partial charge in [0, 0.05) is 17.9 Å². The molecule has 1 amide bonds. The summed E-state index contributed by atoms with van der Waals surface area (Å²) in [4.78, 5) is 23.0. The van der Waals surface area contributed by atoms with E-state index in [1.807, 2.05) is 43.3 Å². The minimum Gasteiger partial charge on any atom is -0.300 e. The molecule has 0 saturated carbocycles. The summed E-state index contributed by atoms with van der Waals surface area (Å²) in [6.07, 6.45) is 0.684. The van der Waals surface area contributed by atoms with Crippen molar-refractivity contribution in [1.29, 1.82) is 0 Å². The van der Waals surface area contributed by atoms with E-state index in [0.29, 0.717) is 21.6 Å². The Kier molecular flexibility index (Phi) is 6.72. The summed E-state index contributed by atoms with van der Waals surface area (Å²) in [5.41, 5.74) is 1.86. The summed E-state index contributed by atoms with van der Waals surface area (Å²) in [7, 11) is 0. The van der Waals surface area contributed by atoms with E-state index in [9.17, 15) is 14.9 Å². The van der Waals surface area contributed by atoms with Crippen LogP contribution in [0, 0.1) is 10.1 Å². The monoisotopic (exact) mass is 414 g/mol. The number of rotatable bonds is 8. The van der Waals surface area contributed by atoms with Crippen molar-refractivity contribution >= 4 is 39.8 Å². The van der Waals surface area contributed by atoms with E-state index in [0.717, 1.165) is 11.1 Å². The predicted octanol–water partition coefficient (Wildman–Crippen LogP) is 4.87. The first-order valence-corrected chi connectivity index (χ1v) is 10.4. The molecule has 0 aliphatic rings. The number of nitrogens with one attached hydrogen (secondary N) is 1. The zero-order chi connectivity index (χ0) is 19.9. The molecule has 1 heterocycles. The number of benzene rings is 2. The number of nitro groups is 1. The van der Waals surface area contributed by atoms with Crippen LogP contribution in [0.1, 0.15) is 30.4 Å². The third-order valence-corrected chi connectivity index (χ3v) is 6.09. The summed E-state index contributed by atoms with van der Waals surface area (Å²) in [5, 5.41) is 22.3. The molecule has 1 unspecified atom stereocenters. The summed E-state index contributed by atoms with van der Waals surface area (Å²) >= 11 is 2.71. The van der Waals surface area contributed by atoms with Crippen LogP contribution in [-0.2, 0) is 10.5 Å². The van der Waals surface area contributed by atoms with Gasteiger partial charge in [0.25, 0.3) is 5.69 Å². The van der Waals surface area contributed by atoms with Gasteiger partial charge in [-0.25, -0.2) is 0 Å². The van der Waals surface area contributed by atoms with Crippen LogP contribution in [-0.4, -0.2) is 21.0 Å². The van der Waals surface area contributed by atoms with Crippen molar-refractivity contribution < 1.29 is 9.72 Å². The van der Waals surface area contributed by atoms with Crippen LogP contribution in [0.5, 0.6) is 0 Å². The second-order valence-electron chi connectivity index (χ2n) is 5.95. The average molecular weight is 415 g/mol. The van der Waals surface area contributed by atoms with E-state index in [1.165, 1.54) is 29.2 Å². The lowest BCUT2D eigenvalue weighted by Crippen LogP contribution is -2.20. The molecule has 1 atom stereocenters. The lowest BCUT2D eigenvalue weighted by Gasteiger charge is -2.13. The van der Waals surface area contributed by atoms with Gasteiger partial charge in [0.05, 0.1) is 10.8 Å². The number of anilines is 1. The van der Waals surface area contributed by atoms with Crippen LogP contribution in [0.2, 0.25) is 0 Å². The highest BCUT2D eigenvalue weighted by molar-refractivity contribution is 8.00. The largest absolute Gasteiger partial charge is 0.300 e. The fourth-order valence-electron chi connectivity index (χ4n) is 2.67. The van der Waals surface area contributed by atoms with Crippen molar-refractivity contribution in [2.45, 2.75) is 29.4 Å². The second-order valence-corrected chi connectivity index (χ2v) is 8.15. The number of nitrogens with zero attached hydrogens (tertiary/aromatic N) is 3.